The number of aliphatic carboxylic acids is 1. The van der Waals surface area contributed by atoms with Crippen molar-refractivity contribution in [1.82, 2.24) is 10.3 Å². The standard InChI is InChI=1S/C13H16N2O2/c16-12(17)10-7-13(5-4-9(10)8-15-13)11-3-1-2-6-14-11/h1-3,6,9-10,15H,4-5,7-8H2,(H,16,17). The maximum Gasteiger partial charge on any atom is 0.306 e. The van der Waals surface area contributed by atoms with Crippen LogP contribution in [0.25, 0.3) is 0 Å². The van der Waals surface area contributed by atoms with E-state index in [-0.39, 0.29) is 17.4 Å². The molecule has 4 heteroatoms. The number of fused-ring (bicyclic) bond motifs is 3. The van der Waals surface area contributed by atoms with Crippen molar-refractivity contribution in [1.29, 1.82) is 0 Å². The van der Waals surface area contributed by atoms with Gasteiger partial charge in [-0.15, -0.1) is 0 Å². The molecule has 3 heterocycles. The third kappa shape index (κ3) is 1.63. The lowest BCUT2D eigenvalue weighted by atomic mass is 9.64. The van der Waals surface area contributed by atoms with Crippen LogP contribution in [0.2, 0.25) is 0 Å². The van der Waals surface area contributed by atoms with E-state index in [9.17, 15) is 9.90 Å². The van der Waals surface area contributed by atoms with Crippen LogP contribution >= 0.6 is 0 Å². The van der Waals surface area contributed by atoms with Crippen LogP contribution in [0.4, 0.5) is 0 Å². The maximum absolute atomic E-state index is 11.3. The van der Waals surface area contributed by atoms with Crippen molar-refractivity contribution in [2.75, 3.05) is 6.54 Å². The van der Waals surface area contributed by atoms with Crippen LogP contribution in [0, 0.1) is 11.8 Å². The Morgan fingerprint density at radius 3 is 3.00 bits per heavy atom. The van der Waals surface area contributed by atoms with Crippen molar-refractivity contribution in [3.63, 3.8) is 0 Å². The first kappa shape index (κ1) is 10.7. The van der Waals surface area contributed by atoms with Gasteiger partial charge in [-0.1, -0.05) is 6.07 Å². The van der Waals surface area contributed by atoms with Crippen molar-refractivity contribution < 1.29 is 9.90 Å². The van der Waals surface area contributed by atoms with Gasteiger partial charge in [-0.05, 0) is 43.9 Å². The number of nitrogens with zero attached hydrogens (tertiary/aromatic N) is 1. The molecule has 3 aliphatic rings. The number of aromatic nitrogens is 1. The molecular weight excluding hydrogens is 216 g/mol. The lowest BCUT2D eigenvalue weighted by molar-refractivity contribution is -0.148. The number of carboxylic acid groups (broad SMARTS) is 1. The first-order valence-corrected chi connectivity index (χ1v) is 6.11. The van der Waals surface area contributed by atoms with Crippen LogP contribution in [-0.4, -0.2) is 22.6 Å². The lowest BCUT2D eigenvalue weighted by Gasteiger charge is -2.49. The van der Waals surface area contributed by atoms with Gasteiger partial charge in [0.25, 0.3) is 0 Å². The Morgan fingerprint density at radius 1 is 1.53 bits per heavy atom. The van der Waals surface area contributed by atoms with Crippen LogP contribution < -0.4 is 5.32 Å². The molecule has 0 aromatic carbocycles. The van der Waals surface area contributed by atoms with Gasteiger partial charge in [-0.2, -0.15) is 0 Å². The zero-order valence-electron chi connectivity index (χ0n) is 9.60. The smallest absolute Gasteiger partial charge is 0.306 e. The Labute approximate surface area is 100 Å². The van der Waals surface area contributed by atoms with Crippen molar-refractivity contribution in [2.45, 2.75) is 24.8 Å². The third-order valence-corrected chi connectivity index (χ3v) is 4.25. The summed E-state index contributed by atoms with van der Waals surface area (Å²) in [7, 11) is 0. The van der Waals surface area contributed by atoms with E-state index in [2.05, 4.69) is 10.3 Å². The highest BCUT2D eigenvalue weighted by atomic mass is 16.4. The van der Waals surface area contributed by atoms with Gasteiger partial charge in [-0.3, -0.25) is 9.78 Å². The second-order valence-corrected chi connectivity index (χ2v) is 5.13. The molecule has 2 aliphatic heterocycles. The van der Waals surface area contributed by atoms with Crippen molar-refractivity contribution in [2.24, 2.45) is 11.8 Å². The molecule has 4 nitrogen and oxygen atoms in total. The van der Waals surface area contributed by atoms with Gasteiger partial charge in [0, 0.05) is 6.20 Å². The van der Waals surface area contributed by atoms with Gasteiger partial charge >= 0.3 is 5.97 Å². The first-order chi connectivity index (χ1) is 8.21. The van der Waals surface area contributed by atoms with Gasteiger partial charge < -0.3 is 10.4 Å². The fraction of sp³-hybridized carbons (Fsp3) is 0.538. The SMILES string of the molecule is O=C(O)C1CC2(c3ccccn3)CCC1CN2. The fourth-order valence-corrected chi connectivity index (χ4v) is 3.27. The minimum absolute atomic E-state index is 0.209. The quantitative estimate of drug-likeness (QED) is 0.808. The number of nitrogens with one attached hydrogen (secondary N) is 1. The Kier molecular flexibility index (Phi) is 2.40. The highest BCUT2D eigenvalue weighted by Gasteiger charge is 2.49. The van der Waals surface area contributed by atoms with E-state index in [0.29, 0.717) is 6.42 Å². The van der Waals surface area contributed by atoms with Crippen LogP contribution in [0.3, 0.4) is 0 Å². The van der Waals surface area contributed by atoms with Gasteiger partial charge in [-0.25, -0.2) is 0 Å². The van der Waals surface area contributed by atoms with E-state index in [1.54, 1.807) is 6.20 Å². The fourth-order valence-electron chi connectivity index (χ4n) is 3.27. The summed E-state index contributed by atoms with van der Waals surface area (Å²) < 4.78 is 0. The zero-order chi connectivity index (χ0) is 11.9. The molecular formula is C13H16N2O2. The molecule has 2 N–H and O–H groups in total. The van der Waals surface area contributed by atoms with E-state index >= 15 is 0 Å². The van der Waals surface area contributed by atoms with Crippen molar-refractivity contribution in [3.8, 4) is 0 Å². The molecule has 3 fully saturated rings. The lowest BCUT2D eigenvalue weighted by Crippen LogP contribution is -2.58. The highest BCUT2D eigenvalue weighted by molar-refractivity contribution is 5.71. The summed E-state index contributed by atoms with van der Waals surface area (Å²) in [5.41, 5.74) is 0.781. The second-order valence-electron chi connectivity index (χ2n) is 5.13. The predicted molar refractivity (Wildman–Crippen MR) is 62.4 cm³/mol. The van der Waals surface area contributed by atoms with Crippen LogP contribution in [0.1, 0.15) is 25.0 Å². The van der Waals surface area contributed by atoms with E-state index in [4.69, 9.17) is 0 Å². The molecule has 4 rings (SSSR count). The first-order valence-electron chi connectivity index (χ1n) is 6.11. The molecule has 3 atom stereocenters. The van der Waals surface area contributed by atoms with Crippen LogP contribution in [0.15, 0.2) is 24.4 Å². The van der Waals surface area contributed by atoms with Gasteiger partial charge in [0.05, 0.1) is 17.2 Å². The van der Waals surface area contributed by atoms with Gasteiger partial charge in [0.2, 0.25) is 0 Å². The normalized spacial score (nSPS) is 35.8. The summed E-state index contributed by atoms with van der Waals surface area (Å²) in [5.74, 6) is -0.582. The monoisotopic (exact) mass is 232 g/mol. The number of hydrogen-bond donors (Lipinski definition) is 2. The molecule has 0 radical (unpaired) electrons. The molecule has 2 bridgehead atoms. The Balaban J connectivity index is 1.95. The topological polar surface area (TPSA) is 62.2 Å². The Morgan fingerprint density at radius 2 is 2.41 bits per heavy atom. The Hall–Kier alpha value is -1.42. The van der Waals surface area contributed by atoms with Gasteiger partial charge in [0.1, 0.15) is 0 Å². The summed E-state index contributed by atoms with van der Waals surface area (Å²) in [6, 6.07) is 5.86. The summed E-state index contributed by atoms with van der Waals surface area (Å²) in [6.07, 6.45) is 4.44. The molecule has 0 spiro atoms. The number of rotatable bonds is 2. The molecule has 2 saturated heterocycles. The molecule has 1 aliphatic carbocycles. The summed E-state index contributed by atoms with van der Waals surface area (Å²) >= 11 is 0. The predicted octanol–water partition coefficient (Wildman–Crippen LogP) is 1.38. The van der Waals surface area contributed by atoms with Crippen molar-refractivity contribution in [3.05, 3.63) is 30.1 Å². The van der Waals surface area contributed by atoms with E-state index in [1.165, 1.54) is 0 Å². The molecule has 1 aromatic rings. The molecule has 0 amide bonds. The number of piperidine rings is 2. The Bertz CT molecular complexity index is 424. The average molecular weight is 232 g/mol. The number of carbonyl (C=O) groups is 1. The highest BCUT2D eigenvalue weighted by Crippen LogP contribution is 2.46. The largest absolute Gasteiger partial charge is 0.481 e. The van der Waals surface area contributed by atoms with E-state index in [0.717, 1.165) is 25.1 Å². The van der Waals surface area contributed by atoms with Gasteiger partial charge in [0.15, 0.2) is 0 Å². The minimum atomic E-state index is -0.656. The molecule has 3 unspecified atom stereocenters. The second kappa shape index (κ2) is 3.81. The van der Waals surface area contributed by atoms with Crippen molar-refractivity contribution >= 4 is 5.97 Å². The summed E-state index contributed by atoms with van der Waals surface area (Å²) in [4.78, 5) is 15.7. The minimum Gasteiger partial charge on any atom is -0.481 e. The third-order valence-electron chi connectivity index (χ3n) is 4.25. The molecule has 1 saturated carbocycles. The number of pyridine rings is 1. The molecule has 17 heavy (non-hydrogen) atoms. The van der Waals surface area contributed by atoms with E-state index < -0.39 is 5.97 Å². The summed E-state index contributed by atoms with van der Waals surface area (Å²) in [6.45, 7) is 0.799. The number of carboxylic acids is 1. The van der Waals surface area contributed by atoms with Crippen LogP contribution in [0.5, 0.6) is 0 Å². The number of hydrogen-bond acceptors (Lipinski definition) is 3. The molecule has 90 valence electrons. The van der Waals surface area contributed by atoms with Crippen LogP contribution in [-0.2, 0) is 10.3 Å². The van der Waals surface area contributed by atoms with E-state index in [1.807, 2.05) is 18.2 Å². The average Bonchev–Trinajstić information content (AvgIpc) is 2.41. The maximum atomic E-state index is 11.3. The molecule has 1 aromatic heterocycles. The summed E-state index contributed by atoms with van der Waals surface area (Å²) in [5, 5.41) is 12.8. The zero-order valence-corrected chi connectivity index (χ0v) is 9.60.